The number of imidazole rings is 1. The number of hydrogen-bond donors (Lipinski definition) is 2. The van der Waals surface area contributed by atoms with Crippen molar-refractivity contribution in [1.82, 2.24) is 9.55 Å². The Hall–Kier alpha value is -2.30. The van der Waals surface area contributed by atoms with Gasteiger partial charge in [0.25, 0.3) is 5.91 Å². The highest BCUT2D eigenvalue weighted by Gasteiger charge is 2.13. The number of aryl methyl sites for hydroxylation is 2. The molecule has 0 aliphatic carbocycles. The first-order chi connectivity index (χ1) is 9.24. The van der Waals surface area contributed by atoms with E-state index in [4.69, 9.17) is 0 Å². The molecule has 2 aromatic rings. The smallest absolute Gasteiger partial charge is 0.291 e. The van der Waals surface area contributed by atoms with Gasteiger partial charge in [0.2, 0.25) is 0 Å². The molecule has 2 N–H and O–H groups in total. The van der Waals surface area contributed by atoms with Gasteiger partial charge in [-0.15, -0.1) is 0 Å². The quantitative estimate of drug-likeness (QED) is 0.864. The van der Waals surface area contributed by atoms with Crippen LogP contribution in [0.3, 0.4) is 0 Å². The largest absolute Gasteiger partial charge is 0.385 e. The van der Waals surface area contributed by atoms with Crippen LogP contribution in [0.4, 0.5) is 11.4 Å². The van der Waals surface area contributed by atoms with Gasteiger partial charge in [0.05, 0.1) is 0 Å². The number of hydrogen-bond acceptors (Lipinski definition) is 3. The van der Waals surface area contributed by atoms with Crippen molar-refractivity contribution in [3.8, 4) is 0 Å². The first-order valence-electron chi connectivity index (χ1n) is 6.39. The molecule has 0 unspecified atom stereocenters. The summed E-state index contributed by atoms with van der Waals surface area (Å²) in [4.78, 5) is 16.1. The molecule has 3 rings (SSSR count). The van der Waals surface area contributed by atoms with E-state index in [2.05, 4.69) is 15.6 Å². The van der Waals surface area contributed by atoms with Crippen LogP contribution in [0, 0.1) is 0 Å². The van der Waals surface area contributed by atoms with E-state index in [-0.39, 0.29) is 5.91 Å². The van der Waals surface area contributed by atoms with Crippen LogP contribution < -0.4 is 10.6 Å². The summed E-state index contributed by atoms with van der Waals surface area (Å²) in [5.41, 5.74) is 3.24. The van der Waals surface area contributed by atoms with Gasteiger partial charge in [-0.2, -0.15) is 0 Å². The van der Waals surface area contributed by atoms with Gasteiger partial charge in [-0.3, -0.25) is 4.79 Å². The maximum Gasteiger partial charge on any atom is 0.291 e. The van der Waals surface area contributed by atoms with Gasteiger partial charge < -0.3 is 15.2 Å². The molecule has 0 saturated carbocycles. The molecule has 5 nitrogen and oxygen atoms in total. The van der Waals surface area contributed by atoms with Crippen LogP contribution in [-0.4, -0.2) is 22.0 Å². The van der Waals surface area contributed by atoms with E-state index in [1.165, 1.54) is 11.3 Å². The molecule has 0 bridgehead atoms. The number of fused-ring (bicyclic) bond motifs is 1. The van der Waals surface area contributed by atoms with E-state index >= 15 is 0 Å². The van der Waals surface area contributed by atoms with Crippen molar-refractivity contribution in [3.05, 3.63) is 42.0 Å². The molecule has 0 atom stereocenters. The zero-order valence-electron chi connectivity index (χ0n) is 10.8. The van der Waals surface area contributed by atoms with Crippen LogP contribution in [0.5, 0.6) is 0 Å². The minimum atomic E-state index is -0.184. The van der Waals surface area contributed by atoms with E-state index in [1.54, 1.807) is 24.0 Å². The van der Waals surface area contributed by atoms with Gasteiger partial charge in [0.15, 0.2) is 5.82 Å². The zero-order valence-corrected chi connectivity index (χ0v) is 10.8. The lowest BCUT2D eigenvalue weighted by atomic mass is 10.0. The fourth-order valence-corrected chi connectivity index (χ4v) is 2.32. The summed E-state index contributed by atoms with van der Waals surface area (Å²) in [6, 6.07) is 5.96. The van der Waals surface area contributed by atoms with Gasteiger partial charge in [-0.25, -0.2) is 4.98 Å². The molecular weight excluding hydrogens is 240 g/mol. The summed E-state index contributed by atoms with van der Waals surface area (Å²) in [5, 5.41) is 6.24. The van der Waals surface area contributed by atoms with Crippen molar-refractivity contribution in [1.29, 1.82) is 0 Å². The Morgan fingerprint density at radius 1 is 1.47 bits per heavy atom. The molecule has 19 heavy (non-hydrogen) atoms. The summed E-state index contributed by atoms with van der Waals surface area (Å²) in [7, 11) is 1.80. The monoisotopic (exact) mass is 256 g/mol. The minimum Gasteiger partial charge on any atom is -0.385 e. The van der Waals surface area contributed by atoms with Crippen molar-refractivity contribution in [2.45, 2.75) is 12.8 Å². The lowest BCUT2D eigenvalue weighted by Crippen LogP contribution is -2.17. The van der Waals surface area contributed by atoms with Crippen LogP contribution in [0.2, 0.25) is 0 Å². The second-order valence-electron chi connectivity index (χ2n) is 4.72. The summed E-state index contributed by atoms with van der Waals surface area (Å²) in [6.45, 7) is 1.02. The molecule has 1 aromatic heterocycles. The third kappa shape index (κ3) is 2.31. The molecule has 0 radical (unpaired) electrons. The third-order valence-electron chi connectivity index (χ3n) is 3.33. The molecule has 5 heteroatoms. The maximum absolute atomic E-state index is 12.1. The number of benzene rings is 1. The lowest BCUT2D eigenvalue weighted by Gasteiger charge is -2.18. The van der Waals surface area contributed by atoms with Gasteiger partial charge >= 0.3 is 0 Å². The Balaban J connectivity index is 1.80. The normalized spacial score (nSPS) is 13.5. The molecule has 1 amide bonds. The predicted octanol–water partition coefficient (Wildman–Crippen LogP) is 2.03. The second-order valence-corrected chi connectivity index (χ2v) is 4.72. The van der Waals surface area contributed by atoms with E-state index < -0.39 is 0 Å². The van der Waals surface area contributed by atoms with Crippen LogP contribution >= 0.6 is 0 Å². The molecule has 2 heterocycles. The Bertz CT molecular complexity index is 618. The van der Waals surface area contributed by atoms with Gasteiger partial charge in [-0.05, 0) is 36.6 Å². The number of aromatic nitrogens is 2. The fraction of sp³-hybridized carbons (Fsp3) is 0.286. The van der Waals surface area contributed by atoms with Crippen LogP contribution in [0.25, 0.3) is 0 Å². The number of carbonyl (C=O) groups is 1. The molecule has 0 spiro atoms. The zero-order chi connectivity index (χ0) is 13.2. The van der Waals surface area contributed by atoms with Crippen LogP contribution in [0.1, 0.15) is 22.6 Å². The number of rotatable bonds is 2. The van der Waals surface area contributed by atoms with Crippen LogP contribution in [-0.2, 0) is 13.5 Å². The Morgan fingerprint density at radius 2 is 2.37 bits per heavy atom. The summed E-state index contributed by atoms with van der Waals surface area (Å²) >= 11 is 0. The first kappa shape index (κ1) is 11.8. The predicted molar refractivity (Wildman–Crippen MR) is 74.4 cm³/mol. The van der Waals surface area contributed by atoms with Crippen molar-refractivity contribution < 1.29 is 4.79 Å². The Labute approximate surface area is 111 Å². The van der Waals surface area contributed by atoms with Gasteiger partial charge in [0.1, 0.15) is 0 Å². The fourth-order valence-electron chi connectivity index (χ4n) is 2.32. The summed E-state index contributed by atoms with van der Waals surface area (Å²) in [5.74, 6) is 0.229. The van der Waals surface area contributed by atoms with Crippen molar-refractivity contribution >= 4 is 17.3 Å². The molecular formula is C14H16N4O. The van der Waals surface area contributed by atoms with Crippen molar-refractivity contribution in [2.75, 3.05) is 17.2 Å². The number of carbonyl (C=O) groups excluding carboxylic acids is 1. The maximum atomic E-state index is 12.1. The Kier molecular flexibility index (Phi) is 2.95. The van der Waals surface area contributed by atoms with E-state index in [0.29, 0.717) is 5.82 Å². The van der Waals surface area contributed by atoms with Gasteiger partial charge in [-0.1, -0.05) is 0 Å². The topological polar surface area (TPSA) is 59.0 Å². The van der Waals surface area contributed by atoms with E-state index in [0.717, 1.165) is 25.1 Å². The minimum absolute atomic E-state index is 0.184. The molecule has 1 aliphatic rings. The van der Waals surface area contributed by atoms with Crippen molar-refractivity contribution in [2.24, 2.45) is 7.05 Å². The van der Waals surface area contributed by atoms with E-state index in [1.807, 2.05) is 18.2 Å². The highest BCUT2D eigenvalue weighted by molar-refractivity contribution is 6.01. The van der Waals surface area contributed by atoms with Crippen molar-refractivity contribution in [3.63, 3.8) is 0 Å². The Morgan fingerprint density at radius 3 is 3.16 bits per heavy atom. The SMILES string of the molecule is Cn1ccnc1C(=O)Nc1ccc2c(c1)CCCN2. The number of nitrogens with one attached hydrogen (secondary N) is 2. The van der Waals surface area contributed by atoms with Crippen LogP contribution in [0.15, 0.2) is 30.6 Å². The first-order valence-corrected chi connectivity index (χ1v) is 6.39. The molecule has 0 fully saturated rings. The highest BCUT2D eigenvalue weighted by Crippen LogP contribution is 2.25. The average molecular weight is 256 g/mol. The molecule has 98 valence electrons. The standard InChI is InChI=1S/C14H16N4O/c1-18-8-7-16-13(18)14(19)17-11-4-5-12-10(9-11)3-2-6-15-12/h4-5,7-9,15H,2-3,6H2,1H3,(H,17,19). The summed E-state index contributed by atoms with van der Waals surface area (Å²) in [6.07, 6.45) is 5.55. The van der Waals surface area contributed by atoms with Gasteiger partial charge in [0, 0.05) is 37.4 Å². The average Bonchev–Trinajstić information content (AvgIpc) is 2.85. The highest BCUT2D eigenvalue weighted by atomic mass is 16.2. The molecule has 0 saturated heterocycles. The lowest BCUT2D eigenvalue weighted by molar-refractivity contribution is 0.101. The second kappa shape index (κ2) is 4.76. The molecule has 1 aliphatic heterocycles. The third-order valence-corrected chi connectivity index (χ3v) is 3.33. The molecule has 1 aromatic carbocycles. The number of nitrogens with zero attached hydrogens (tertiary/aromatic N) is 2. The summed E-state index contributed by atoms with van der Waals surface area (Å²) < 4.78 is 1.70. The van der Waals surface area contributed by atoms with E-state index in [9.17, 15) is 4.79 Å². The number of anilines is 2. The number of amides is 1.